The number of nitro groups is 1. The number of benzene rings is 1. The first-order chi connectivity index (χ1) is 13.5. The molecule has 0 bridgehead atoms. The Hall–Kier alpha value is -2.78. The van der Waals surface area contributed by atoms with E-state index in [1.807, 2.05) is 21.7 Å². The molecular formula is C19H22N4O4S. The number of nitro benzene ring substituents is 1. The molecule has 1 N–H and O–H groups in total. The first-order valence-corrected chi connectivity index (χ1v) is 10.1. The highest BCUT2D eigenvalue weighted by Crippen LogP contribution is 2.23. The van der Waals surface area contributed by atoms with Crippen LogP contribution in [0.3, 0.4) is 0 Å². The van der Waals surface area contributed by atoms with Crippen LogP contribution >= 0.6 is 11.3 Å². The van der Waals surface area contributed by atoms with Crippen molar-refractivity contribution in [1.82, 2.24) is 9.80 Å². The SMILES string of the molecule is O=C(CCN1CCCN(C(=O)c2ccsc2)CC1)Nc1ccccc1[N+](=O)[O-]. The van der Waals surface area contributed by atoms with Crippen molar-refractivity contribution in [1.29, 1.82) is 0 Å². The van der Waals surface area contributed by atoms with Crippen molar-refractivity contribution >= 4 is 34.5 Å². The van der Waals surface area contributed by atoms with Gasteiger partial charge in [0.25, 0.3) is 11.6 Å². The summed E-state index contributed by atoms with van der Waals surface area (Å²) < 4.78 is 0. The van der Waals surface area contributed by atoms with Crippen LogP contribution in [0.5, 0.6) is 0 Å². The number of anilines is 1. The van der Waals surface area contributed by atoms with Gasteiger partial charge in [0, 0.05) is 44.0 Å². The van der Waals surface area contributed by atoms with E-state index in [0.29, 0.717) is 26.2 Å². The molecule has 8 nitrogen and oxygen atoms in total. The molecule has 1 aromatic heterocycles. The van der Waals surface area contributed by atoms with E-state index in [2.05, 4.69) is 10.2 Å². The van der Waals surface area contributed by atoms with Crippen LogP contribution in [0.4, 0.5) is 11.4 Å². The van der Waals surface area contributed by atoms with Crippen molar-refractivity contribution in [2.45, 2.75) is 12.8 Å². The summed E-state index contributed by atoms with van der Waals surface area (Å²) in [7, 11) is 0. The minimum Gasteiger partial charge on any atom is -0.337 e. The molecule has 1 saturated heterocycles. The Balaban J connectivity index is 1.48. The molecule has 0 spiro atoms. The predicted octanol–water partition coefficient (Wildman–Crippen LogP) is 2.83. The van der Waals surface area contributed by atoms with Crippen LogP contribution in [0.2, 0.25) is 0 Å². The molecule has 0 aliphatic carbocycles. The maximum Gasteiger partial charge on any atom is 0.292 e. The monoisotopic (exact) mass is 402 g/mol. The molecule has 148 valence electrons. The third-order valence-electron chi connectivity index (χ3n) is 4.67. The molecule has 3 rings (SSSR count). The third kappa shape index (κ3) is 5.14. The molecule has 28 heavy (non-hydrogen) atoms. The zero-order chi connectivity index (χ0) is 19.9. The number of carbonyl (C=O) groups excluding carboxylic acids is 2. The van der Waals surface area contributed by atoms with Gasteiger partial charge >= 0.3 is 0 Å². The standard InChI is InChI=1S/C19H22N4O4S/c24-18(20-16-4-1-2-5-17(16)23(26)27)6-10-21-8-3-9-22(12-11-21)19(25)15-7-13-28-14-15/h1-2,4-5,7,13-14H,3,6,8-12H2,(H,20,24). The molecule has 0 unspecified atom stereocenters. The predicted molar refractivity (Wildman–Crippen MR) is 108 cm³/mol. The minimum absolute atomic E-state index is 0.0530. The highest BCUT2D eigenvalue weighted by molar-refractivity contribution is 7.08. The van der Waals surface area contributed by atoms with E-state index in [4.69, 9.17) is 0 Å². The summed E-state index contributed by atoms with van der Waals surface area (Å²) in [5, 5.41) is 17.4. The summed E-state index contributed by atoms with van der Waals surface area (Å²) in [6, 6.07) is 7.94. The number of nitrogens with one attached hydrogen (secondary N) is 1. The maximum absolute atomic E-state index is 12.5. The molecule has 0 saturated carbocycles. The van der Waals surface area contributed by atoms with Crippen molar-refractivity contribution in [3.05, 3.63) is 56.8 Å². The van der Waals surface area contributed by atoms with Crippen molar-refractivity contribution in [3.63, 3.8) is 0 Å². The van der Waals surface area contributed by atoms with Gasteiger partial charge in [-0.25, -0.2) is 0 Å². The second-order valence-electron chi connectivity index (χ2n) is 6.57. The molecule has 0 radical (unpaired) electrons. The second-order valence-corrected chi connectivity index (χ2v) is 7.35. The van der Waals surface area contributed by atoms with E-state index in [1.54, 1.807) is 12.1 Å². The van der Waals surface area contributed by atoms with E-state index in [1.165, 1.54) is 23.5 Å². The Morgan fingerprint density at radius 1 is 1.14 bits per heavy atom. The third-order valence-corrected chi connectivity index (χ3v) is 5.36. The first kappa shape index (κ1) is 20.0. The van der Waals surface area contributed by atoms with Crippen LogP contribution in [0, 0.1) is 10.1 Å². The van der Waals surface area contributed by atoms with Crippen LogP contribution in [-0.4, -0.2) is 59.3 Å². The number of thiophene rings is 1. The normalized spacial score (nSPS) is 15.1. The van der Waals surface area contributed by atoms with Gasteiger partial charge in [-0.05, 0) is 30.5 Å². The Kier molecular flexibility index (Phi) is 6.72. The molecule has 1 aromatic carbocycles. The van der Waals surface area contributed by atoms with Crippen LogP contribution in [0.1, 0.15) is 23.2 Å². The van der Waals surface area contributed by atoms with Crippen molar-refractivity contribution in [3.8, 4) is 0 Å². The number of rotatable bonds is 6. The van der Waals surface area contributed by atoms with E-state index in [0.717, 1.165) is 18.5 Å². The van der Waals surface area contributed by atoms with Crippen molar-refractivity contribution in [2.75, 3.05) is 38.0 Å². The highest BCUT2D eigenvalue weighted by atomic mass is 32.1. The number of nitrogens with zero attached hydrogens (tertiary/aromatic N) is 3. The van der Waals surface area contributed by atoms with Gasteiger partial charge in [0.2, 0.25) is 5.91 Å². The van der Waals surface area contributed by atoms with Crippen LogP contribution in [0.25, 0.3) is 0 Å². The lowest BCUT2D eigenvalue weighted by Crippen LogP contribution is -2.35. The van der Waals surface area contributed by atoms with E-state index >= 15 is 0 Å². The molecular weight excluding hydrogens is 380 g/mol. The molecule has 2 amide bonds. The summed E-state index contributed by atoms with van der Waals surface area (Å²) in [4.78, 5) is 39.2. The van der Waals surface area contributed by atoms with Crippen molar-refractivity contribution < 1.29 is 14.5 Å². The van der Waals surface area contributed by atoms with Gasteiger partial charge < -0.3 is 15.1 Å². The second kappa shape index (κ2) is 9.43. The zero-order valence-corrected chi connectivity index (χ0v) is 16.2. The number of amides is 2. The lowest BCUT2D eigenvalue weighted by molar-refractivity contribution is -0.383. The van der Waals surface area contributed by atoms with E-state index in [-0.39, 0.29) is 29.6 Å². The van der Waals surface area contributed by atoms with Gasteiger partial charge in [-0.3, -0.25) is 19.7 Å². The van der Waals surface area contributed by atoms with Crippen molar-refractivity contribution in [2.24, 2.45) is 0 Å². The first-order valence-electron chi connectivity index (χ1n) is 9.11. The zero-order valence-electron chi connectivity index (χ0n) is 15.4. The quantitative estimate of drug-likeness (QED) is 0.592. The summed E-state index contributed by atoms with van der Waals surface area (Å²) in [5.74, 6) is -0.206. The number of carbonyl (C=O) groups is 2. The van der Waals surface area contributed by atoms with Crippen LogP contribution in [-0.2, 0) is 4.79 Å². The lowest BCUT2D eigenvalue weighted by Gasteiger charge is -2.21. The Morgan fingerprint density at radius 2 is 1.96 bits per heavy atom. The van der Waals surface area contributed by atoms with E-state index in [9.17, 15) is 19.7 Å². The molecule has 1 fully saturated rings. The average molecular weight is 402 g/mol. The Labute approximate surface area is 166 Å². The topological polar surface area (TPSA) is 95.8 Å². The van der Waals surface area contributed by atoms with E-state index < -0.39 is 4.92 Å². The van der Waals surface area contributed by atoms with Gasteiger partial charge in [0.15, 0.2) is 0 Å². The lowest BCUT2D eigenvalue weighted by atomic mass is 10.2. The summed E-state index contributed by atoms with van der Waals surface area (Å²) >= 11 is 1.51. The largest absolute Gasteiger partial charge is 0.337 e. The minimum atomic E-state index is -0.510. The van der Waals surface area contributed by atoms with Gasteiger partial charge in [0.1, 0.15) is 5.69 Å². The van der Waals surface area contributed by atoms with Crippen LogP contribution in [0.15, 0.2) is 41.1 Å². The fourth-order valence-electron chi connectivity index (χ4n) is 3.18. The molecule has 0 atom stereocenters. The highest BCUT2D eigenvalue weighted by Gasteiger charge is 2.21. The van der Waals surface area contributed by atoms with Gasteiger partial charge in [0.05, 0.1) is 10.5 Å². The summed E-state index contributed by atoms with van der Waals surface area (Å²) in [6.45, 7) is 3.39. The maximum atomic E-state index is 12.5. The molecule has 2 heterocycles. The fraction of sp³-hybridized carbons (Fsp3) is 0.368. The Morgan fingerprint density at radius 3 is 2.71 bits per heavy atom. The summed E-state index contributed by atoms with van der Waals surface area (Å²) in [6.07, 6.45) is 1.09. The van der Waals surface area contributed by atoms with Gasteiger partial charge in [-0.2, -0.15) is 11.3 Å². The smallest absolute Gasteiger partial charge is 0.292 e. The fourth-order valence-corrected chi connectivity index (χ4v) is 3.81. The number of para-hydroxylation sites is 2. The molecule has 9 heteroatoms. The molecule has 1 aliphatic heterocycles. The number of hydrogen-bond acceptors (Lipinski definition) is 6. The average Bonchev–Trinajstić information content (AvgIpc) is 3.12. The summed E-state index contributed by atoms with van der Waals surface area (Å²) in [5.41, 5.74) is 0.816. The molecule has 1 aliphatic rings. The van der Waals surface area contributed by atoms with Gasteiger partial charge in [-0.1, -0.05) is 12.1 Å². The van der Waals surface area contributed by atoms with Gasteiger partial charge in [-0.15, -0.1) is 0 Å². The molecule has 2 aromatic rings. The Bertz CT molecular complexity index is 840. The number of hydrogen-bond donors (Lipinski definition) is 1. The van der Waals surface area contributed by atoms with Crippen LogP contribution < -0.4 is 5.32 Å².